The van der Waals surface area contributed by atoms with Gasteiger partial charge in [0, 0.05) is 37.8 Å². The molecule has 0 spiro atoms. The molecule has 1 aliphatic rings. The fourth-order valence-electron chi connectivity index (χ4n) is 2.76. The van der Waals surface area contributed by atoms with Crippen LogP contribution in [-0.4, -0.2) is 52.1 Å². The van der Waals surface area contributed by atoms with Gasteiger partial charge in [-0.05, 0) is 29.8 Å². The van der Waals surface area contributed by atoms with Crippen LogP contribution >= 0.6 is 0 Å². The van der Waals surface area contributed by atoms with Crippen LogP contribution in [0.5, 0.6) is 5.75 Å². The van der Waals surface area contributed by atoms with E-state index in [1.807, 2.05) is 37.2 Å². The quantitative estimate of drug-likeness (QED) is 0.833. The van der Waals surface area contributed by atoms with Crippen LogP contribution in [-0.2, 0) is 9.47 Å². The number of ether oxygens (including phenoxy) is 3. The molecule has 1 aromatic carbocycles. The molecule has 1 aliphatic heterocycles. The van der Waals surface area contributed by atoms with Gasteiger partial charge in [-0.25, -0.2) is 9.37 Å². The average Bonchev–Trinajstić information content (AvgIpc) is 2.88. The van der Waals surface area contributed by atoms with Crippen LogP contribution in [0.3, 0.4) is 0 Å². The van der Waals surface area contributed by atoms with Gasteiger partial charge in [-0.3, -0.25) is 0 Å². The molecular weight excluding hydrogens is 323 g/mol. The molecule has 1 fully saturated rings. The minimum atomic E-state index is -0.338. The maximum absolute atomic E-state index is 14.1. The molecule has 0 atom stereocenters. The number of aromatic nitrogens is 1. The topological polar surface area (TPSA) is 43.8 Å². The maximum Gasteiger partial charge on any atom is 0.135 e. The average molecular weight is 346 g/mol. The number of hydrogen-bond acceptors (Lipinski definition) is 5. The van der Waals surface area contributed by atoms with Gasteiger partial charge in [0.15, 0.2) is 0 Å². The van der Waals surface area contributed by atoms with Crippen molar-refractivity contribution in [1.29, 1.82) is 0 Å². The number of halogens is 1. The summed E-state index contributed by atoms with van der Waals surface area (Å²) in [5.41, 5.74) is 1.60. The molecule has 0 aliphatic carbocycles. The Hall–Kier alpha value is -2.18. The van der Waals surface area contributed by atoms with E-state index in [4.69, 9.17) is 14.2 Å². The molecule has 3 rings (SSSR count). The molecule has 1 aromatic heterocycles. The van der Waals surface area contributed by atoms with Gasteiger partial charge in [-0.15, -0.1) is 0 Å². The summed E-state index contributed by atoms with van der Waals surface area (Å²) in [6.45, 7) is 2.82. The predicted molar refractivity (Wildman–Crippen MR) is 94.6 cm³/mol. The van der Waals surface area contributed by atoms with Gasteiger partial charge in [0.1, 0.15) is 17.4 Å². The Kier molecular flexibility index (Phi) is 5.83. The van der Waals surface area contributed by atoms with E-state index in [0.29, 0.717) is 38.8 Å². The van der Waals surface area contributed by atoms with Crippen molar-refractivity contribution in [3.8, 4) is 16.9 Å². The van der Waals surface area contributed by atoms with Gasteiger partial charge < -0.3 is 19.1 Å². The summed E-state index contributed by atoms with van der Waals surface area (Å²) >= 11 is 0. The van der Waals surface area contributed by atoms with Crippen LogP contribution in [0.25, 0.3) is 11.1 Å². The minimum Gasteiger partial charge on any atom is -0.493 e. The molecule has 2 heterocycles. The van der Waals surface area contributed by atoms with Gasteiger partial charge in [-0.2, -0.15) is 0 Å². The molecular formula is C19H23FN2O3. The van der Waals surface area contributed by atoms with Crippen LogP contribution in [0.4, 0.5) is 10.2 Å². The zero-order chi connectivity index (χ0) is 17.6. The van der Waals surface area contributed by atoms with Crippen molar-refractivity contribution >= 4 is 5.82 Å². The second kappa shape index (κ2) is 8.27. The van der Waals surface area contributed by atoms with Crippen molar-refractivity contribution in [3.63, 3.8) is 0 Å². The molecule has 1 saturated heterocycles. The Morgan fingerprint density at radius 2 is 1.96 bits per heavy atom. The minimum absolute atomic E-state index is 0.143. The molecule has 0 saturated carbocycles. The largest absolute Gasteiger partial charge is 0.493 e. The lowest BCUT2D eigenvalue weighted by atomic mass is 10.1. The summed E-state index contributed by atoms with van der Waals surface area (Å²) in [4.78, 5) is 6.28. The van der Waals surface area contributed by atoms with E-state index in [0.717, 1.165) is 16.9 Å². The highest BCUT2D eigenvalue weighted by Crippen LogP contribution is 2.31. The second-order valence-corrected chi connectivity index (χ2v) is 6.27. The fraction of sp³-hybridized carbons (Fsp3) is 0.421. The Labute approximate surface area is 147 Å². The van der Waals surface area contributed by atoms with E-state index in [-0.39, 0.29) is 11.7 Å². The van der Waals surface area contributed by atoms with Crippen molar-refractivity contribution in [3.05, 3.63) is 42.3 Å². The first-order valence-corrected chi connectivity index (χ1v) is 8.35. The number of pyridine rings is 1. The van der Waals surface area contributed by atoms with Gasteiger partial charge in [0.05, 0.1) is 33.0 Å². The van der Waals surface area contributed by atoms with Crippen molar-refractivity contribution in [2.75, 3.05) is 52.0 Å². The van der Waals surface area contributed by atoms with E-state index in [9.17, 15) is 4.39 Å². The normalized spacial score (nSPS) is 15.6. The van der Waals surface area contributed by atoms with Crippen LogP contribution in [0, 0.1) is 11.7 Å². The van der Waals surface area contributed by atoms with Gasteiger partial charge in [0.2, 0.25) is 0 Å². The van der Waals surface area contributed by atoms with Gasteiger partial charge >= 0.3 is 0 Å². The highest BCUT2D eigenvalue weighted by Gasteiger charge is 2.15. The first kappa shape index (κ1) is 17.6. The van der Waals surface area contributed by atoms with Gasteiger partial charge in [0.25, 0.3) is 0 Å². The van der Waals surface area contributed by atoms with Crippen molar-refractivity contribution < 1.29 is 18.6 Å². The van der Waals surface area contributed by atoms with E-state index in [1.54, 1.807) is 6.20 Å². The lowest BCUT2D eigenvalue weighted by molar-refractivity contribution is 0.101. The molecule has 0 unspecified atom stereocenters. The standard InChI is InChI=1S/C19H23FN2O3/c1-22(2)19-18(4-3-5-21-19)15-8-16(20)10-17(9-15)25-13-14-11-23-6-7-24-12-14/h3-5,8-10,14H,6-7,11-13H2,1-2H3. The molecule has 2 aromatic rings. The fourth-order valence-corrected chi connectivity index (χ4v) is 2.76. The number of nitrogens with zero attached hydrogens (tertiary/aromatic N) is 2. The molecule has 0 radical (unpaired) electrons. The van der Waals surface area contributed by atoms with Crippen LogP contribution in [0.2, 0.25) is 0 Å². The third-order valence-corrected chi connectivity index (χ3v) is 3.96. The van der Waals surface area contributed by atoms with E-state index < -0.39 is 0 Å². The van der Waals surface area contributed by atoms with E-state index in [1.165, 1.54) is 12.1 Å². The maximum atomic E-state index is 14.1. The monoisotopic (exact) mass is 346 g/mol. The number of benzene rings is 1. The van der Waals surface area contributed by atoms with Crippen LogP contribution in [0.1, 0.15) is 0 Å². The Bertz CT molecular complexity index is 701. The molecule has 25 heavy (non-hydrogen) atoms. The summed E-state index contributed by atoms with van der Waals surface area (Å²) in [5.74, 6) is 1.08. The first-order valence-electron chi connectivity index (χ1n) is 8.35. The third-order valence-electron chi connectivity index (χ3n) is 3.96. The SMILES string of the molecule is CN(C)c1ncccc1-c1cc(F)cc(OCC2COCCOC2)c1. The summed E-state index contributed by atoms with van der Waals surface area (Å²) < 4.78 is 30.8. The Morgan fingerprint density at radius 1 is 1.20 bits per heavy atom. The Morgan fingerprint density at radius 3 is 2.68 bits per heavy atom. The summed E-state index contributed by atoms with van der Waals surface area (Å²) in [7, 11) is 3.82. The molecule has 5 nitrogen and oxygen atoms in total. The summed E-state index contributed by atoms with van der Waals surface area (Å²) in [5, 5.41) is 0. The highest BCUT2D eigenvalue weighted by atomic mass is 19.1. The van der Waals surface area contributed by atoms with Crippen molar-refractivity contribution in [2.45, 2.75) is 0 Å². The molecule has 0 bridgehead atoms. The predicted octanol–water partition coefficient (Wildman–Crippen LogP) is 3.00. The zero-order valence-electron chi connectivity index (χ0n) is 14.6. The summed E-state index contributed by atoms with van der Waals surface area (Å²) in [6.07, 6.45) is 1.72. The lowest BCUT2D eigenvalue weighted by Gasteiger charge is -2.17. The first-order chi connectivity index (χ1) is 12.1. The molecule has 134 valence electrons. The van der Waals surface area contributed by atoms with E-state index in [2.05, 4.69) is 4.98 Å². The van der Waals surface area contributed by atoms with E-state index >= 15 is 0 Å². The van der Waals surface area contributed by atoms with Crippen molar-refractivity contribution in [2.24, 2.45) is 5.92 Å². The van der Waals surface area contributed by atoms with Gasteiger partial charge in [-0.1, -0.05) is 0 Å². The second-order valence-electron chi connectivity index (χ2n) is 6.27. The molecule has 0 N–H and O–H groups in total. The van der Waals surface area contributed by atoms with Crippen LogP contribution in [0.15, 0.2) is 36.5 Å². The lowest BCUT2D eigenvalue weighted by Crippen LogP contribution is -2.20. The smallest absolute Gasteiger partial charge is 0.135 e. The third kappa shape index (κ3) is 4.67. The molecule has 6 heteroatoms. The van der Waals surface area contributed by atoms with Crippen molar-refractivity contribution in [1.82, 2.24) is 4.98 Å². The number of rotatable bonds is 5. The molecule has 0 amide bonds. The zero-order valence-corrected chi connectivity index (χ0v) is 14.6. The number of hydrogen-bond donors (Lipinski definition) is 0. The number of anilines is 1. The summed E-state index contributed by atoms with van der Waals surface area (Å²) in [6, 6.07) is 8.50. The Balaban J connectivity index is 1.79. The highest BCUT2D eigenvalue weighted by molar-refractivity contribution is 5.76. The van der Waals surface area contributed by atoms with Crippen LogP contribution < -0.4 is 9.64 Å².